The number of thiophene rings is 1. The van der Waals surface area contributed by atoms with Crippen molar-refractivity contribution in [3.8, 4) is 0 Å². The van der Waals surface area contributed by atoms with E-state index < -0.39 is 12.1 Å². The van der Waals surface area contributed by atoms with Crippen LogP contribution in [0.2, 0.25) is 4.34 Å². The van der Waals surface area contributed by atoms with Crippen LogP contribution in [-0.2, 0) is 20.8 Å². The van der Waals surface area contributed by atoms with Crippen molar-refractivity contribution in [1.82, 2.24) is 14.5 Å². The smallest absolute Gasteiger partial charge is 0.410 e. The number of amides is 1. The molecule has 156 valence electrons. The molecule has 3 rings (SSSR count). The van der Waals surface area contributed by atoms with E-state index >= 15 is 0 Å². The Morgan fingerprint density at radius 2 is 2.28 bits per heavy atom. The van der Waals surface area contributed by atoms with Gasteiger partial charge >= 0.3 is 6.09 Å². The van der Waals surface area contributed by atoms with Gasteiger partial charge in [-0.1, -0.05) is 24.3 Å². The molecule has 29 heavy (non-hydrogen) atoms. The maximum Gasteiger partial charge on any atom is 0.410 e. The molecule has 0 spiro atoms. The Bertz CT molecular complexity index is 972. The molecule has 2 aromatic heterocycles. The number of nitrogens with zero attached hydrogens (tertiary/aromatic N) is 3. The highest BCUT2D eigenvalue weighted by atomic mass is 35.5. The quantitative estimate of drug-likeness (QED) is 0.616. The molecular formula is C19H22ClN3O5S. The first-order chi connectivity index (χ1) is 13.9. The number of piperidine rings is 1. The number of likely N-dealkylation sites (tertiary alicyclic amines) is 1. The molecule has 1 fully saturated rings. The van der Waals surface area contributed by atoms with Crippen LogP contribution in [0.5, 0.6) is 0 Å². The molecule has 0 saturated carbocycles. The second-order valence-electron chi connectivity index (χ2n) is 6.73. The lowest BCUT2D eigenvalue weighted by Gasteiger charge is -2.39. The van der Waals surface area contributed by atoms with E-state index in [0.29, 0.717) is 21.1 Å². The largest absolute Gasteiger partial charge is 0.445 e. The molecule has 1 aliphatic rings. The van der Waals surface area contributed by atoms with E-state index in [0.717, 1.165) is 24.2 Å². The first-order valence-electron chi connectivity index (χ1n) is 9.18. The molecule has 0 unspecified atom stereocenters. The van der Waals surface area contributed by atoms with Crippen molar-refractivity contribution in [3.05, 3.63) is 39.7 Å². The molecular weight excluding hydrogens is 418 g/mol. The van der Waals surface area contributed by atoms with Crippen molar-refractivity contribution in [3.63, 3.8) is 0 Å². The van der Waals surface area contributed by atoms with Crippen molar-refractivity contribution in [2.45, 2.75) is 38.0 Å². The Morgan fingerprint density at radius 3 is 3.00 bits per heavy atom. The summed E-state index contributed by atoms with van der Waals surface area (Å²) in [6.45, 7) is 3.97. The molecule has 0 bridgehead atoms. The fourth-order valence-electron chi connectivity index (χ4n) is 3.49. The van der Waals surface area contributed by atoms with E-state index in [4.69, 9.17) is 21.1 Å². The number of carbonyl (C=O) groups is 2. The summed E-state index contributed by atoms with van der Waals surface area (Å²) in [7, 11) is 1.56. The van der Waals surface area contributed by atoms with Gasteiger partial charge in [-0.05, 0) is 18.9 Å². The highest BCUT2D eigenvalue weighted by molar-refractivity contribution is 7.22. The molecule has 0 N–H and O–H groups in total. The number of halogens is 1. The van der Waals surface area contributed by atoms with Crippen LogP contribution in [0.25, 0.3) is 10.2 Å². The third-order valence-electron chi connectivity index (χ3n) is 4.84. The standard InChI is InChI=1S/C19H22ClN3O5S/c1-3-7-28-19(26)23-6-4-5-15(27-2)14(23)8-12(24)10-22-11-21-13-9-16(20)29-17(13)18(22)25/h3,9,11,14-15H,1,4-8,10H2,2H3/t14-,15+/m1/s1. The molecule has 0 aliphatic carbocycles. The van der Waals surface area contributed by atoms with Crippen molar-refractivity contribution in [2.75, 3.05) is 20.3 Å². The zero-order valence-corrected chi connectivity index (χ0v) is 17.6. The van der Waals surface area contributed by atoms with E-state index in [1.165, 1.54) is 21.9 Å². The molecule has 10 heteroatoms. The van der Waals surface area contributed by atoms with Crippen LogP contribution in [0.15, 0.2) is 29.8 Å². The number of methoxy groups -OCH3 is 1. The number of aromatic nitrogens is 2. The van der Waals surface area contributed by atoms with Gasteiger partial charge in [0.2, 0.25) is 0 Å². The third kappa shape index (κ3) is 4.85. The minimum absolute atomic E-state index is 0.0529. The van der Waals surface area contributed by atoms with Crippen LogP contribution in [0, 0.1) is 0 Å². The van der Waals surface area contributed by atoms with Crippen molar-refractivity contribution < 1.29 is 19.1 Å². The normalized spacial score (nSPS) is 19.3. The lowest BCUT2D eigenvalue weighted by atomic mass is 9.94. The average molecular weight is 440 g/mol. The van der Waals surface area contributed by atoms with Gasteiger partial charge in [-0.3, -0.25) is 14.2 Å². The zero-order chi connectivity index (χ0) is 21.0. The number of ketones is 1. The number of hydrogen-bond donors (Lipinski definition) is 0. The highest BCUT2D eigenvalue weighted by Gasteiger charge is 2.36. The maximum atomic E-state index is 12.8. The number of fused-ring (bicyclic) bond motifs is 1. The van der Waals surface area contributed by atoms with E-state index in [1.54, 1.807) is 13.2 Å². The van der Waals surface area contributed by atoms with Gasteiger partial charge < -0.3 is 14.4 Å². The van der Waals surface area contributed by atoms with E-state index in [9.17, 15) is 14.4 Å². The summed E-state index contributed by atoms with van der Waals surface area (Å²) in [5.74, 6) is -0.202. The van der Waals surface area contributed by atoms with Gasteiger partial charge in [-0.25, -0.2) is 9.78 Å². The Hall–Kier alpha value is -2.23. The summed E-state index contributed by atoms with van der Waals surface area (Å²) >= 11 is 7.08. The summed E-state index contributed by atoms with van der Waals surface area (Å²) in [6.07, 6.45) is 3.60. The van der Waals surface area contributed by atoms with Crippen molar-refractivity contribution in [1.29, 1.82) is 0 Å². The van der Waals surface area contributed by atoms with Gasteiger partial charge in [-0.2, -0.15) is 0 Å². The van der Waals surface area contributed by atoms with E-state index in [1.807, 2.05) is 0 Å². The number of rotatable bonds is 7. The lowest BCUT2D eigenvalue weighted by Crippen LogP contribution is -2.53. The van der Waals surface area contributed by atoms with Gasteiger partial charge in [0.1, 0.15) is 11.3 Å². The number of carbonyl (C=O) groups excluding carboxylic acids is 2. The second kappa shape index (κ2) is 9.51. The molecule has 1 saturated heterocycles. The monoisotopic (exact) mass is 439 g/mol. The summed E-state index contributed by atoms with van der Waals surface area (Å²) in [6, 6.07) is 1.16. The Morgan fingerprint density at radius 1 is 1.48 bits per heavy atom. The Balaban J connectivity index is 1.75. The minimum Gasteiger partial charge on any atom is -0.445 e. The minimum atomic E-state index is -0.502. The number of hydrogen-bond acceptors (Lipinski definition) is 7. The predicted molar refractivity (Wildman–Crippen MR) is 111 cm³/mol. The summed E-state index contributed by atoms with van der Waals surface area (Å²) < 4.78 is 12.8. The number of ether oxygens (including phenoxy) is 2. The van der Waals surface area contributed by atoms with Crippen LogP contribution in [0.4, 0.5) is 4.79 Å². The SMILES string of the molecule is C=CCOC(=O)N1CCC[C@H](OC)[C@H]1CC(=O)Cn1cnc2cc(Cl)sc2c1=O. The number of Topliss-reactive ketones (excluding diaryl/α,β-unsaturated/α-hetero) is 1. The molecule has 0 radical (unpaired) electrons. The molecule has 3 heterocycles. The van der Waals surface area contributed by atoms with Gasteiger partial charge in [-0.15, -0.1) is 11.3 Å². The molecule has 8 nitrogen and oxygen atoms in total. The molecule has 2 aromatic rings. The predicted octanol–water partition coefficient (Wildman–Crippen LogP) is 2.87. The molecule has 1 amide bonds. The highest BCUT2D eigenvalue weighted by Crippen LogP contribution is 2.26. The van der Waals surface area contributed by atoms with Gasteiger partial charge in [0.25, 0.3) is 5.56 Å². The van der Waals surface area contributed by atoms with E-state index in [-0.39, 0.29) is 37.0 Å². The van der Waals surface area contributed by atoms with Crippen LogP contribution < -0.4 is 5.56 Å². The maximum absolute atomic E-state index is 12.8. The van der Waals surface area contributed by atoms with Crippen LogP contribution >= 0.6 is 22.9 Å². The first-order valence-corrected chi connectivity index (χ1v) is 10.4. The summed E-state index contributed by atoms with van der Waals surface area (Å²) in [4.78, 5) is 43.4. The Labute approximate surface area is 176 Å². The summed E-state index contributed by atoms with van der Waals surface area (Å²) in [5, 5.41) is 0. The van der Waals surface area contributed by atoms with Crippen LogP contribution in [0.3, 0.4) is 0 Å². The fourth-order valence-corrected chi connectivity index (χ4v) is 4.62. The zero-order valence-electron chi connectivity index (χ0n) is 16.0. The van der Waals surface area contributed by atoms with Gasteiger partial charge in [0.05, 0.1) is 34.9 Å². The van der Waals surface area contributed by atoms with Gasteiger partial charge in [0, 0.05) is 20.1 Å². The van der Waals surface area contributed by atoms with Crippen molar-refractivity contribution in [2.24, 2.45) is 0 Å². The molecule has 2 atom stereocenters. The molecule has 0 aromatic carbocycles. The van der Waals surface area contributed by atoms with Crippen molar-refractivity contribution >= 4 is 45.0 Å². The Kier molecular flexibility index (Phi) is 7.05. The fraction of sp³-hybridized carbons (Fsp3) is 0.474. The third-order valence-corrected chi connectivity index (χ3v) is 6.08. The molecule has 1 aliphatic heterocycles. The van der Waals surface area contributed by atoms with Crippen LogP contribution in [0.1, 0.15) is 19.3 Å². The second-order valence-corrected chi connectivity index (χ2v) is 8.41. The van der Waals surface area contributed by atoms with Gasteiger partial charge in [0.15, 0.2) is 5.78 Å². The topological polar surface area (TPSA) is 90.7 Å². The van der Waals surface area contributed by atoms with Crippen LogP contribution in [-0.4, -0.2) is 58.7 Å². The summed E-state index contributed by atoms with van der Waals surface area (Å²) in [5.41, 5.74) is 0.200. The van der Waals surface area contributed by atoms with E-state index in [2.05, 4.69) is 11.6 Å². The first kappa shape index (κ1) is 21.5. The lowest BCUT2D eigenvalue weighted by molar-refractivity contribution is -0.122. The average Bonchev–Trinajstić information content (AvgIpc) is 3.09.